The van der Waals surface area contributed by atoms with Gasteiger partial charge in [-0.15, -0.1) is 0 Å². The Morgan fingerprint density at radius 2 is 2.19 bits per heavy atom. The molecule has 0 spiro atoms. The van der Waals surface area contributed by atoms with Gasteiger partial charge in [-0.25, -0.2) is 0 Å². The number of anilines is 1. The number of hydrogen-bond donors (Lipinski definition) is 2. The third kappa shape index (κ3) is 1.77. The molecule has 0 unspecified atom stereocenters. The maximum atomic E-state index is 12.0. The lowest BCUT2D eigenvalue weighted by Gasteiger charge is -2.33. The van der Waals surface area contributed by atoms with Gasteiger partial charge in [-0.2, -0.15) is 5.10 Å². The van der Waals surface area contributed by atoms with E-state index in [1.165, 1.54) is 0 Å². The second kappa shape index (κ2) is 3.81. The smallest absolute Gasteiger partial charge is 0.271 e. The van der Waals surface area contributed by atoms with Crippen LogP contribution in [-0.4, -0.2) is 21.7 Å². The molecule has 0 aromatic carbocycles. The Kier molecular flexibility index (Phi) is 2.61. The van der Waals surface area contributed by atoms with Crippen LogP contribution in [0, 0.1) is 12.8 Å². The molecule has 1 aliphatic rings. The molecule has 1 aromatic heterocycles. The van der Waals surface area contributed by atoms with Crippen molar-refractivity contribution in [1.82, 2.24) is 15.1 Å². The van der Waals surface area contributed by atoms with Gasteiger partial charge < -0.3 is 11.1 Å². The zero-order valence-electron chi connectivity index (χ0n) is 9.95. The van der Waals surface area contributed by atoms with E-state index in [1.54, 1.807) is 18.7 Å². The van der Waals surface area contributed by atoms with Gasteiger partial charge in [-0.3, -0.25) is 9.48 Å². The minimum atomic E-state index is -0.113. The fourth-order valence-electron chi connectivity index (χ4n) is 2.22. The number of nitrogens with two attached hydrogens (primary N) is 1. The van der Waals surface area contributed by atoms with Crippen molar-refractivity contribution in [1.29, 1.82) is 0 Å². The van der Waals surface area contributed by atoms with Crippen molar-refractivity contribution in [2.75, 3.05) is 5.73 Å². The molecule has 1 saturated carbocycles. The summed E-state index contributed by atoms with van der Waals surface area (Å²) in [4.78, 5) is 12.0. The summed E-state index contributed by atoms with van der Waals surface area (Å²) in [7, 11) is 1.74. The molecule has 0 aliphatic heterocycles. The van der Waals surface area contributed by atoms with Crippen LogP contribution in [0.4, 0.5) is 5.69 Å². The summed E-state index contributed by atoms with van der Waals surface area (Å²) in [5.41, 5.74) is 7.47. The molecule has 1 aromatic rings. The Bertz CT molecular complexity index is 418. The minimum absolute atomic E-state index is 0.113. The van der Waals surface area contributed by atoms with Gasteiger partial charge in [0.2, 0.25) is 0 Å². The maximum Gasteiger partial charge on any atom is 0.271 e. The summed E-state index contributed by atoms with van der Waals surface area (Å²) < 4.78 is 1.54. The van der Waals surface area contributed by atoms with Crippen LogP contribution in [0.25, 0.3) is 0 Å². The standard InChI is InChI=1S/C11H18N4O/c1-6-4-8(5-6)13-11(16)10-9(12)7(2)14-15(10)3/h6,8H,4-5,12H2,1-3H3,(H,13,16). The number of amides is 1. The molecule has 1 heterocycles. The first-order valence-corrected chi connectivity index (χ1v) is 5.59. The van der Waals surface area contributed by atoms with Gasteiger partial charge in [-0.05, 0) is 25.7 Å². The molecule has 0 bridgehead atoms. The van der Waals surface area contributed by atoms with Crippen molar-refractivity contribution in [3.8, 4) is 0 Å². The van der Waals surface area contributed by atoms with Gasteiger partial charge in [0, 0.05) is 13.1 Å². The van der Waals surface area contributed by atoms with Gasteiger partial charge in [0.05, 0.1) is 11.4 Å². The number of aromatic nitrogens is 2. The zero-order chi connectivity index (χ0) is 11.9. The Balaban J connectivity index is 2.09. The highest BCUT2D eigenvalue weighted by atomic mass is 16.2. The monoisotopic (exact) mass is 222 g/mol. The molecule has 0 radical (unpaired) electrons. The van der Waals surface area contributed by atoms with E-state index in [0.29, 0.717) is 23.1 Å². The number of aryl methyl sites for hydroxylation is 2. The third-order valence-corrected chi connectivity index (χ3v) is 3.19. The van der Waals surface area contributed by atoms with E-state index in [4.69, 9.17) is 5.73 Å². The Hall–Kier alpha value is -1.52. The summed E-state index contributed by atoms with van der Waals surface area (Å²) in [6.45, 7) is 3.99. The van der Waals surface area contributed by atoms with Crippen molar-refractivity contribution < 1.29 is 4.79 Å². The second-order valence-corrected chi connectivity index (χ2v) is 4.72. The first-order chi connectivity index (χ1) is 7.49. The average Bonchev–Trinajstić information content (AvgIpc) is 2.38. The molecule has 16 heavy (non-hydrogen) atoms. The minimum Gasteiger partial charge on any atom is -0.395 e. The highest BCUT2D eigenvalue weighted by Gasteiger charge is 2.28. The van der Waals surface area contributed by atoms with Gasteiger partial charge in [0.1, 0.15) is 5.69 Å². The summed E-state index contributed by atoms with van der Waals surface area (Å²) in [6.07, 6.45) is 2.12. The molecule has 1 fully saturated rings. The van der Waals surface area contributed by atoms with Crippen LogP contribution in [0.5, 0.6) is 0 Å². The Morgan fingerprint density at radius 1 is 1.56 bits per heavy atom. The lowest BCUT2D eigenvalue weighted by Crippen LogP contribution is -2.44. The van der Waals surface area contributed by atoms with Gasteiger partial charge >= 0.3 is 0 Å². The molecule has 2 rings (SSSR count). The normalized spacial score (nSPS) is 23.9. The number of carbonyl (C=O) groups is 1. The highest BCUT2D eigenvalue weighted by molar-refractivity contribution is 5.98. The van der Waals surface area contributed by atoms with Crippen molar-refractivity contribution in [3.05, 3.63) is 11.4 Å². The van der Waals surface area contributed by atoms with Gasteiger partial charge in [0.15, 0.2) is 0 Å². The molecule has 0 saturated heterocycles. The third-order valence-electron chi connectivity index (χ3n) is 3.19. The molecular weight excluding hydrogens is 204 g/mol. The van der Waals surface area contributed by atoms with Gasteiger partial charge in [0.25, 0.3) is 5.91 Å². The second-order valence-electron chi connectivity index (χ2n) is 4.72. The van der Waals surface area contributed by atoms with E-state index in [-0.39, 0.29) is 5.91 Å². The number of carbonyl (C=O) groups excluding carboxylic acids is 1. The first kappa shape index (κ1) is 11.0. The summed E-state index contributed by atoms with van der Waals surface area (Å²) in [5, 5.41) is 7.11. The predicted molar refractivity (Wildman–Crippen MR) is 62.0 cm³/mol. The average molecular weight is 222 g/mol. The van der Waals surface area contributed by atoms with Crippen molar-refractivity contribution in [2.45, 2.75) is 32.7 Å². The van der Waals surface area contributed by atoms with E-state index in [2.05, 4.69) is 17.3 Å². The number of nitrogens with zero attached hydrogens (tertiary/aromatic N) is 2. The summed E-state index contributed by atoms with van der Waals surface area (Å²) in [5.74, 6) is 0.605. The molecule has 5 heteroatoms. The molecule has 88 valence electrons. The molecule has 1 aliphatic carbocycles. The topological polar surface area (TPSA) is 72.9 Å². The first-order valence-electron chi connectivity index (χ1n) is 5.59. The van der Waals surface area contributed by atoms with Crippen molar-refractivity contribution in [3.63, 3.8) is 0 Å². The van der Waals surface area contributed by atoms with E-state index in [9.17, 15) is 4.79 Å². The summed E-state index contributed by atoms with van der Waals surface area (Å²) in [6, 6.07) is 0.303. The van der Waals surface area contributed by atoms with Crippen LogP contribution in [-0.2, 0) is 7.05 Å². The lowest BCUT2D eigenvalue weighted by atomic mass is 9.82. The lowest BCUT2D eigenvalue weighted by molar-refractivity contribution is 0.0887. The van der Waals surface area contributed by atoms with Crippen LogP contribution in [0.15, 0.2) is 0 Å². The van der Waals surface area contributed by atoms with Crippen LogP contribution < -0.4 is 11.1 Å². The van der Waals surface area contributed by atoms with E-state index in [0.717, 1.165) is 18.8 Å². The van der Waals surface area contributed by atoms with Crippen LogP contribution >= 0.6 is 0 Å². The van der Waals surface area contributed by atoms with E-state index >= 15 is 0 Å². The van der Waals surface area contributed by atoms with Crippen LogP contribution in [0.2, 0.25) is 0 Å². The molecule has 0 atom stereocenters. The predicted octanol–water partition coefficient (Wildman–Crippen LogP) is 0.839. The summed E-state index contributed by atoms with van der Waals surface area (Å²) >= 11 is 0. The van der Waals surface area contributed by atoms with Crippen LogP contribution in [0.3, 0.4) is 0 Å². The van der Waals surface area contributed by atoms with Gasteiger partial charge in [-0.1, -0.05) is 6.92 Å². The highest BCUT2D eigenvalue weighted by Crippen LogP contribution is 2.27. The van der Waals surface area contributed by atoms with E-state index < -0.39 is 0 Å². The molecule has 1 amide bonds. The van der Waals surface area contributed by atoms with E-state index in [1.807, 2.05) is 0 Å². The number of hydrogen-bond acceptors (Lipinski definition) is 3. The Labute approximate surface area is 95.0 Å². The number of rotatable bonds is 2. The quantitative estimate of drug-likeness (QED) is 0.778. The Morgan fingerprint density at radius 3 is 2.62 bits per heavy atom. The van der Waals surface area contributed by atoms with Crippen molar-refractivity contribution in [2.24, 2.45) is 13.0 Å². The maximum absolute atomic E-state index is 12.0. The number of nitrogens with one attached hydrogen (secondary N) is 1. The molecule has 5 nitrogen and oxygen atoms in total. The van der Waals surface area contributed by atoms with Crippen LogP contribution in [0.1, 0.15) is 35.9 Å². The fourth-order valence-corrected chi connectivity index (χ4v) is 2.22. The molecule has 3 N–H and O–H groups in total. The van der Waals surface area contributed by atoms with Crippen molar-refractivity contribution >= 4 is 11.6 Å². The SMILES string of the molecule is Cc1nn(C)c(C(=O)NC2CC(C)C2)c1N. The molecular formula is C11H18N4O. The fraction of sp³-hybridized carbons (Fsp3) is 0.636. The largest absolute Gasteiger partial charge is 0.395 e. The number of nitrogen functional groups attached to an aromatic ring is 1. The zero-order valence-corrected chi connectivity index (χ0v) is 9.95.